The number of hydrogen-bond acceptors (Lipinski definition) is 3. The summed E-state index contributed by atoms with van der Waals surface area (Å²) in [4.78, 5) is 11.4. The molecule has 2 N–H and O–H groups in total. The van der Waals surface area contributed by atoms with E-state index in [4.69, 9.17) is 10.5 Å². The third-order valence-electron chi connectivity index (χ3n) is 3.60. The van der Waals surface area contributed by atoms with Crippen molar-refractivity contribution in [2.45, 2.75) is 45.6 Å². The van der Waals surface area contributed by atoms with Gasteiger partial charge in [0, 0.05) is 0 Å². The Labute approximate surface area is 86.0 Å². The number of rotatable bonds is 5. The zero-order valence-electron chi connectivity index (χ0n) is 9.38. The Balaban J connectivity index is 2.60. The first-order valence-corrected chi connectivity index (χ1v) is 5.42. The first-order valence-electron chi connectivity index (χ1n) is 5.42. The lowest BCUT2D eigenvalue weighted by molar-refractivity contribution is -0.144. The lowest BCUT2D eigenvalue weighted by Gasteiger charge is -2.27. The largest absolute Gasteiger partial charge is 0.468 e. The third kappa shape index (κ3) is 1.92. The van der Waals surface area contributed by atoms with Crippen LogP contribution < -0.4 is 5.73 Å². The molecule has 2 atom stereocenters. The molecule has 0 spiro atoms. The van der Waals surface area contributed by atoms with Crippen LogP contribution in [0.1, 0.15) is 39.5 Å². The van der Waals surface area contributed by atoms with E-state index in [0.29, 0.717) is 5.92 Å². The summed E-state index contributed by atoms with van der Waals surface area (Å²) in [6.07, 6.45) is 4.44. The number of hydrogen-bond donors (Lipinski definition) is 1. The van der Waals surface area contributed by atoms with Gasteiger partial charge in [-0.25, -0.2) is 0 Å². The van der Waals surface area contributed by atoms with Crippen molar-refractivity contribution >= 4 is 5.97 Å². The maximum atomic E-state index is 11.4. The van der Waals surface area contributed by atoms with Gasteiger partial charge in [-0.05, 0) is 24.2 Å². The van der Waals surface area contributed by atoms with E-state index in [1.807, 2.05) is 0 Å². The maximum Gasteiger partial charge on any atom is 0.323 e. The molecule has 0 bridgehead atoms. The molecule has 1 rings (SSSR count). The first kappa shape index (κ1) is 11.5. The molecule has 0 aliphatic heterocycles. The van der Waals surface area contributed by atoms with Crippen molar-refractivity contribution < 1.29 is 9.53 Å². The highest BCUT2D eigenvalue weighted by Crippen LogP contribution is 2.55. The van der Waals surface area contributed by atoms with Crippen LogP contribution in [0.25, 0.3) is 0 Å². The number of ether oxygens (including phenoxy) is 1. The zero-order valence-corrected chi connectivity index (χ0v) is 9.38. The molecule has 14 heavy (non-hydrogen) atoms. The maximum absolute atomic E-state index is 11.4. The van der Waals surface area contributed by atoms with Crippen molar-refractivity contribution in [1.29, 1.82) is 0 Å². The van der Waals surface area contributed by atoms with Crippen LogP contribution in [0.3, 0.4) is 0 Å². The normalized spacial score (nSPS) is 22.6. The molecule has 0 aromatic rings. The zero-order chi connectivity index (χ0) is 10.8. The Morgan fingerprint density at radius 3 is 2.50 bits per heavy atom. The lowest BCUT2D eigenvalue weighted by Crippen LogP contribution is -2.43. The van der Waals surface area contributed by atoms with Gasteiger partial charge in [0.15, 0.2) is 0 Å². The molecule has 1 saturated carbocycles. The van der Waals surface area contributed by atoms with Crippen LogP contribution in [0.4, 0.5) is 0 Å². The summed E-state index contributed by atoms with van der Waals surface area (Å²) >= 11 is 0. The quantitative estimate of drug-likeness (QED) is 0.686. The Morgan fingerprint density at radius 2 is 2.14 bits per heavy atom. The molecular formula is C11H21NO2. The van der Waals surface area contributed by atoms with Gasteiger partial charge in [-0.3, -0.25) is 4.79 Å². The van der Waals surface area contributed by atoms with E-state index in [9.17, 15) is 4.79 Å². The summed E-state index contributed by atoms with van der Waals surface area (Å²) in [7, 11) is 1.41. The van der Waals surface area contributed by atoms with Crippen molar-refractivity contribution in [2.75, 3.05) is 7.11 Å². The molecule has 0 saturated heterocycles. The predicted molar refractivity (Wildman–Crippen MR) is 55.7 cm³/mol. The van der Waals surface area contributed by atoms with Crippen molar-refractivity contribution in [3.05, 3.63) is 0 Å². The van der Waals surface area contributed by atoms with Gasteiger partial charge >= 0.3 is 5.97 Å². The van der Waals surface area contributed by atoms with E-state index in [1.165, 1.54) is 7.11 Å². The summed E-state index contributed by atoms with van der Waals surface area (Å²) < 4.78 is 4.70. The highest BCUT2D eigenvalue weighted by Gasteiger charge is 2.54. The second kappa shape index (κ2) is 4.30. The minimum atomic E-state index is -0.422. The average Bonchev–Trinajstić information content (AvgIpc) is 2.97. The molecule has 0 aromatic heterocycles. The van der Waals surface area contributed by atoms with Crippen LogP contribution >= 0.6 is 0 Å². The molecule has 3 heteroatoms. The summed E-state index contributed by atoms with van der Waals surface area (Å²) in [5, 5.41) is 0. The Hall–Kier alpha value is -0.570. The third-order valence-corrected chi connectivity index (χ3v) is 3.60. The van der Waals surface area contributed by atoms with Gasteiger partial charge in [-0.15, -0.1) is 0 Å². The van der Waals surface area contributed by atoms with Crippen LogP contribution in [0.2, 0.25) is 0 Å². The molecule has 3 nitrogen and oxygen atoms in total. The molecule has 0 aromatic carbocycles. The van der Waals surface area contributed by atoms with Crippen LogP contribution in [0, 0.1) is 11.3 Å². The van der Waals surface area contributed by atoms with Crippen LogP contribution in [-0.4, -0.2) is 19.1 Å². The molecule has 0 radical (unpaired) electrons. The topological polar surface area (TPSA) is 52.3 Å². The Kier molecular flexibility index (Phi) is 3.53. The Bertz CT molecular complexity index is 211. The first-order chi connectivity index (χ1) is 6.58. The smallest absolute Gasteiger partial charge is 0.323 e. The van der Waals surface area contributed by atoms with Gasteiger partial charge in [-0.2, -0.15) is 0 Å². The molecule has 1 fully saturated rings. The van der Waals surface area contributed by atoms with E-state index in [2.05, 4.69) is 13.8 Å². The highest BCUT2D eigenvalue weighted by atomic mass is 16.5. The summed E-state index contributed by atoms with van der Waals surface area (Å²) in [5.41, 5.74) is 5.97. The lowest BCUT2D eigenvalue weighted by atomic mass is 9.81. The van der Waals surface area contributed by atoms with Crippen molar-refractivity contribution in [3.63, 3.8) is 0 Å². The molecular weight excluding hydrogens is 178 g/mol. The van der Waals surface area contributed by atoms with Crippen LogP contribution in [-0.2, 0) is 9.53 Å². The number of nitrogens with two attached hydrogens (primary N) is 1. The van der Waals surface area contributed by atoms with Gasteiger partial charge in [0.25, 0.3) is 0 Å². The SMILES string of the molecule is CCCC(C)C1(C(N)C(=O)OC)CC1. The van der Waals surface area contributed by atoms with E-state index in [-0.39, 0.29) is 11.4 Å². The molecule has 1 aliphatic rings. The van der Waals surface area contributed by atoms with Crippen LogP contribution in [0.5, 0.6) is 0 Å². The monoisotopic (exact) mass is 199 g/mol. The minimum Gasteiger partial charge on any atom is -0.468 e. The summed E-state index contributed by atoms with van der Waals surface area (Å²) in [6, 6.07) is -0.422. The van der Waals surface area contributed by atoms with E-state index < -0.39 is 6.04 Å². The molecule has 2 unspecified atom stereocenters. The van der Waals surface area contributed by atoms with Crippen molar-refractivity contribution in [1.82, 2.24) is 0 Å². The Morgan fingerprint density at radius 1 is 1.57 bits per heavy atom. The molecule has 0 heterocycles. The second-order valence-electron chi connectivity index (χ2n) is 4.42. The number of carbonyl (C=O) groups excluding carboxylic acids is 1. The average molecular weight is 199 g/mol. The van der Waals surface area contributed by atoms with Crippen molar-refractivity contribution in [2.24, 2.45) is 17.1 Å². The highest BCUT2D eigenvalue weighted by molar-refractivity contribution is 5.77. The van der Waals surface area contributed by atoms with E-state index >= 15 is 0 Å². The fourth-order valence-corrected chi connectivity index (χ4v) is 2.34. The van der Waals surface area contributed by atoms with E-state index in [0.717, 1.165) is 25.7 Å². The van der Waals surface area contributed by atoms with Gasteiger partial charge < -0.3 is 10.5 Å². The van der Waals surface area contributed by atoms with Gasteiger partial charge in [0.05, 0.1) is 7.11 Å². The number of methoxy groups -OCH3 is 1. The van der Waals surface area contributed by atoms with Crippen LogP contribution in [0.15, 0.2) is 0 Å². The van der Waals surface area contributed by atoms with Gasteiger partial charge in [0.2, 0.25) is 0 Å². The minimum absolute atomic E-state index is 0.0447. The summed E-state index contributed by atoms with van der Waals surface area (Å²) in [6.45, 7) is 4.36. The van der Waals surface area contributed by atoms with Gasteiger partial charge in [0.1, 0.15) is 6.04 Å². The fourth-order valence-electron chi connectivity index (χ4n) is 2.34. The summed E-state index contributed by atoms with van der Waals surface area (Å²) in [5.74, 6) is 0.270. The van der Waals surface area contributed by atoms with E-state index in [1.54, 1.807) is 0 Å². The standard InChI is InChI=1S/C11H21NO2/c1-4-5-8(2)11(6-7-11)9(12)10(13)14-3/h8-9H,4-7,12H2,1-3H3. The predicted octanol–water partition coefficient (Wildman–Crippen LogP) is 1.70. The fraction of sp³-hybridized carbons (Fsp3) is 0.909. The number of carbonyl (C=O) groups is 1. The van der Waals surface area contributed by atoms with Gasteiger partial charge in [-0.1, -0.05) is 26.7 Å². The number of esters is 1. The molecule has 82 valence electrons. The molecule has 1 aliphatic carbocycles. The molecule has 0 amide bonds. The van der Waals surface area contributed by atoms with Crippen molar-refractivity contribution in [3.8, 4) is 0 Å². The second-order valence-corrected chi connectivity index (χ2v) is 4.42.